The van der Waals surface area contributed by atoms with Crippen molar-refractivity contribution in [2.45, 2.75) is 45.7 Å². The molecule has 17 heavy (non-hydrogen) atoms. The number of hydrogen-bond acceptors (Lipinski definition) is 3. The molecule has 0 saturated heterocycles. The topological polar surface area (TPSA) is 15.3 Å². The van der Waals surface area contributed by atoms with E-state index in [1.165, 1.54) is 19.4 Å². The second-order valence-electron chi connectivity index (χ2n) is 4.83. The van der Waals surface area contributed by atoms with Crippen LogP contribution in [0, 0.1) is 0 Å². The van der Waals surface area contributed by atoms with Gasteiger partial charge in [-0.2, -0.15) is 0 Å². The van der Waals surface area contributed by atoms with Gasteiger partial charge in [-0.3, -0.25) is 4.90 Å². The molecule has 0 saturated carbocycles. The number of rotatable bonds is 5. The van der Waals surface area contributed by atoms with Gasteiger partial charge >= 0.3 is 0 Å². The first-order valence-electron chi connectivity index (χ1n) is 6.80. The summed E-state index contributed by atoms with van der Waals surface area (Å²) in [6, 6.07) is 3.59. The Morgan fingerprint density at radius 1 is 1.53 bits per heavy atom. The van der Waals surface area contributed by atoms with Crippen LogP contribution in [0.5, 0.6) is 0 Å². The number of nitrogens with one attached hydrogen (secondary N) is 1. The minimum Gasteiger partial charge on any atom is -0.315 e. The second kappa shape index (κ2) is 5.98. The van der Waals surface area contributed by atoms with Crippen molar-refractivity contribution < 1.29 is 0 Å². The summed E-state index contributed by atoms with van der Waals surface area (Å²) in [6.07, 6.45) is 2.47. The highest BCUT2D eigenvalue weighted by atomic mass is 32.1. The minimum absolute atomic E-state index is 0.591. The van der Waals surface area contributed by atoms with Gasteiger partial charge in [-0.15, -0.1) is 11.3 Å². The Kier molecular flexibility index (Phi) is 4.60. The molecule has 3 heteroatoms. The van der Waals surface area contributed by atoms with Gasteiger partial charge in [-0.05, 0) is 43.3 Å². The molecular formula is C14H24N2S. The van der Waals surface area contributed by atoms with Crippen molar-refractivity contribution >= 4 is 11.3 Å². The lowest BCUT2D eigenvalue weighted by atomic mass is 9.98. The maximum absolute atomic E-state index is 3.50. The molecular weight excluding hydrogens is 228 g/mol. The highest BCUT2D eigenvalue weighted by molar-refractivity contribution is 7.10. The SMILES string of the molecule is CCNCC(CC)N1CCc2sccc2C1C. The van der Waals surface area contributed by atoms with Crippen molar-refractivity contribution in [1.82, 2.24) is 10.2 Å². The largest absolute Gasteiger partial charge is 0.315 e. The van der Waals surface area contributed by atoms with Gasteiger partial charge in [0.25, 0.3) is 0 Å². The molecule has 1 aliphatic heterocycles. The first-order valence-corrected chi connectivity index (χ1v) is 7.68. The van der Waals surface area contributed by atoms with Gasteiger partial charge in [0, 0.05) is 30.1 Å². The van der Waals surface area contributed by atoms with Crippen LogP contribution >= 0.6 is 11.3 Å². The van der Waals surface area contributed by atoms with Crippen LogP contribution in [0.25, 0.3) is 0 Å². The molecule has 1 aromatic heterocycles. The van der Waals surface area contributed by atoms with Crippen LogP contribution in [-0.4, -0.2) is 30.6 Å². The van der Waals surface area contributed by atoms with Crippen molar-refractivity contribution in [3.63, 3.8) is 0 Å². The lowest BCUT2D eigenvalue weighted by Gasteiger charge is -2.39. The van der Waals surface area contributed by atoms with Gasteiger partial charge in [0.2, 0.25) is 0 Å². The van der Waals surface area contributed by atoms with Gasteiger partial charge in [-0.25, -0.2) is 0 Å². The fourth-order valence-corrected chi connectivity index (χ4v) is 3.80. The molecule has 0 bridgehead atoms. The van der Waals surface area contributed by atoms with E-state index < -0.39 is 0 Å². The Balaban J connectivity index is 2.07. The quantitative estimate of drug-likeness (QED) is 0.866. The van der Waals surface area contributed by atoms with Crippen LogP contribution in [-0.2, 0) is 6.42 Å². The first-order chi connectivity index (χ1) is 8.27. The summed E-state index contributed by atoms with van der Waals surface area (Å²) in [5.74, 6) is 0. The predicted octanol–water partition coefficient (Wildman–Crippen LogP) is 3.06. The average Bonchev–Trinajstić information content (AvgIpc) is 2.81. The lowest BCUT2D eigenvalue weighted by molar-refractivity contribution is 0.129. The third-order valence-electron chi connectivity index (χ3n) is 3.89. The fourth-order valence-electron chi connectivity index (χ4n) is 2.83. The van der Waals surface area contributed by atoms with Crippen molar-refractivity contribution in [2.24, 2.45) is 0 Å². The molecule has 1 N–H and O–H groups in total. The summed E-state index contributed by atoms with van der Waals surface area (Å²) >= 11 is 1.93. The van der Waals surface area contributed by atoms with Crippen LogP contribution in [0.3, 0.4) is 0 Å². The lowest BCUT2D eigenvalue weighted by Crippen LogP contribution is -2.46. The summed E-state index contributed by atoms with van der Waals surface area (Å²) < 4.78 is 0. The van der Waals surface area contributed by atoms with E-state index in [-0.39, 0.29) is 0 Å². The number of thiophene rings is 1. The third kappa shape index (κ3) is 2.72. The fraction of sp³-hybridized carbons (Fsp3) is 0.714. The number of likely N-dealkylation sites (N-methyl/N-ethyl adjacent to an activating group) is 1. The molecule has 0 fully saturated rings. The van der Waals surface area contributed by atoms with Crippen LogP contribution < -0.4 is 5.32 Å². The molecule has 0 amide bonds. The second-order valence-corrected chi connectivity index (χ2v) is 5.83. The minimum atomic E-state index is 0.591. The summed E-state index contributed by atoms with van der Waals surface area (Å²) in [7, 11) is 0. The third-order valence-corrected chi connectivity index (χ3v) is 4.89. The van der Waals surface area contributed by atoms with E-state index in [1.807, 2.05) is 11.3 Å². The van der Waals surface area contributed by atoms with Crippen LogP contribution in [0.2, 0.25) is 0 Å². The first kappa shape index (κ1) is 13.1. The van der Waals surface area contributed by atoms with E-state index in [1.54, 1.807) is 10.4 Å². The average molecular weight is 252 g/mol. The molecule has 2 atom stereocenters. The molecule has 96 valence electrons. The zero-order chi connectivity index (χ0) is 12.3. The zero-order valence-corrected chi connectivity index (χ0v) is 12.0. The van der Waals surface area contributed by atoms with E-state index in [4.69, 9.17) is 0 Å². The molecule has 0 radical (unpaired) electrons. The van der Waals surface area contributed by atoms with Gasteiger partial charge in [0.05, 0.1) is 0 Å². The van der Waals surface area contributed by atoms with Gasteiger partial charge in [0.1, 0.15) is 0 Å². The summed E-state index contributed by atoms with van der Waals surface area (Å²) in [5, 5.41) is 5.74. The summed E-state index contributed by atoms with van der Waals surface area (Å²) in [5.41, 5.74) is 1.57. The predicted molar refractivity (Wildman–Crippen MR) is 75.8 cm³/mol. The Labute approximate surface area is 109 Å². The Morgan fingerprint density at radius 2 is 2.35 bits per heavy atom. The van der Waals surface area contributed by atoms with Gasteiger partial charge < -0.3 is 5.32 Å². The van der Waals surface area contributed by atoms with Gasteiger partial charge in [0.15, 0.2) is 0 Å². The van der Waals surface area contributed by atoms with Crippen molar-refractivity contribution in [3.8, 4) is 0 Å². The van der Waals surface area contributed by atoms with Crippen LogP contribution in [0.4, 0.5) is 0 Å². The monoisotopic (exact) mass is 252 g/mol. The molecule has 0 aliphatic carbocycles. The molecule has 0 aromatic carbocycles. The number of fused-ring (bicyclic) bond motifs is 1. The molecule has 2 nitrogen and oxygen atoms in total. The van der Waals surface area contributed by atoms with E-state index in [9.17, 15) is 0 Å². The summed E-state index contributed by atoms with van der Waals surface area (Å²) in [6.45, 7) is 10.3. The van der Waals surface area contributed by atoms with Crippen molar-refractivity contribution in [3.05, 3.63) is 21.9 Å². The molecule has 1 aromatic rings. The highest BCUT2D eigenvalue weighted by Gasteiger charge is 2.28. The molecule has 1 aliphatic rings. The molecule has 0 spiro atoms. The smallest absolute Gasteiger partial charge is 0.0334 e. The van der Waals surface area contributed by atoms with E-state index in [2.05, 4.69) is 42.4 Å². The summed E-state index contributed by atoms with van der Waals surface area (Å²) in [4.78, 5) is 4.28. The van der Waals surface area contributed by atoms with Gasteiger partial charge in [-0.1, -0.05) is 13.8 Å². The molecule has 2 unspecified atom stereocenters. The maximum Gasteiger partial charge on any atom is 0.0334 e. The van der Waals surface area contributed by atoms with Crippen LogP contribution in [0.15, 0.2) is 11.4 Å². The van der Waals surface area contributed by atoms with Crippen molar-refractivity contribution in [1.29, 1.82) is 0 Å². The van der Waals surface area contributed by atoms with E-state index in [0.29, 0.717) is 12.1 Å². The number of nitrogens with zero attached hydrogens (tertiary/aromatic N) is 1. The Bertz CT molecular complexity index is 348. The Hall–Kier alpha value is -0.380. The zero-order valence-electron chi connectivity index (χ0n) is 11.2. The van der Waals surface area contributed by atoms with E-state index >= 15 is 0 Å². The van der Waals surface area contributed by atoms with Crippen molar-refractivity contribution in [2.75, 3.05) is 19.6 Å². The maximum atomic E-state index is 3.50. The standard InChI is InChI=1S/C14H24N2S/c1-4-12(10-15-5-2)16-8-6-14-13(11(16)3)7-9-17-14/h7,9,11-12,15H,4-6,8,10H2,1-3H3. The van der Waals surface area contributed by atoms with Crippen LogP contribution in [0.1, 0.15) is 43.7 Å². The highest BCUT2D eigenvalue weighted by Crippen LogP contribution is 2.34. The normalized spacial score (nSPS) is 22.4. The van der Waals surface area contributed by atoms with E-state index in [0.717, 1.165) is 13.1 Å². The Morgan fingerprint density at radius 3 is 3.06 bits per heavy atom. The number of hydrogen-bond donors (Lipinski definition) is 1. The molecule has 2 rings (SSSR count). The molecule has 2 heterocycles.